The van der Waals surface area contributed by atoms with E-state index in [1.54, 1.807) is 0 Å². The van der Waals surface area contributed by atoms with E-state index >= 15 is 0 Å². The Morgan fingerprint density at radius 3 is 2.43 bits per heavy atom. The lowest BCUT2D eigenvalue weighted by molar-refractivity contribution is 0.345. The summed E-state index contributed by atoms with van der Waals surface area (Å²) in [5.74, 6) is -0.563. The predicted octanol–water partition coefficient (Wildman–Crippen LogP) is 1.68. The summed E-state index contributed by atoms with van der Waals surface area (Å²) in [6.07, 6.45) is 1.58. The molecule has 1 fully saturated rings. The quantitative estimate of drug-likeness (QED) is 0.827. The minimum absolute atomic E-state index is 0. The van der Waals surface area contributed by atoms with E-state index in [0.29, 0.717) is 6.42 Å². The van der Waals surface area contributed by atoms with Gasteiger partial charge in [0.05, 0.1) is 14.2 Å². The topological polar surface area (TPSA) is 76.7 Å². The van der Waals surface area contributed by atoms with Crippen molar-refractivity contribution in [1.82, 2.24) is 10.0 Å². The highest BCUT2D eigenvalue weighted by atomic mass is 35.5. The Morgan fingerprint density at radius 2 is 1.87 bits per heavy atom. The third-order valence-electron chi connectivity index (χ3n) is 3.80. The molecule has 0 saturated carbocycles. The SMILES string of the molecule is COc1cc(F)c(S(=O)(=O)NC2CCCNC2C)cc1OC.Cl. The van der Waals surface area contributed by atoms with Gasteiger partial charge in [-0.25, -0.2) is 17.5 Å². The summed E-state index contributed by atoms with van der Waals surface area (Å²) in [5, 5.41) is 3.20. The second-order valence-corrected chi connectivity index (χ2v) is 6.93. The largest absolute Gasteiger partial charge is 0.493 e. The maximum Gasteiger partial charge on any atom is 0.243 e. The van der Waals surface area contributed by atoms with Crippen molar-refractivity contribution in [3.8, 4) is 11.5 Å². The summed E-state index contributed by atoms with van der Waals surface area (Å²) in [7, 11) is -1.25. The molecule has 23 heavy (non-hydrogen) atoms. The first-order chi connectivity index (χ1) is 10.4. The number of ether oxygens (including phenoxy) is 2. The molecule has 0 aliphatic carbocycles. The molecule has 2 unspecified atom stereocenters. The second-order valence-electron chi connectivity index (χ2n) is 5.25. The maximum absolute atomic E-state index is 14.1. The number of rotatable bonds is 5. The van der Waals surface area contributed by atoms with E-state index in [1.165, 1.54) is 14.2 Å². The lowest BCUT2D eigenvalue weighted by Crippen LogP contribution is -2.51. The Labute approximate surface area is 142 Å². The Morgan fingerprint density at radius 1 is 1.26 bits per heavy atom. The van der Waals surface area contributed by atoms with Gasteiger partial charge in [0.1, 0.15) is 10.7 Å². The average Bonchev–Trinajstić information content (AvgIpc) is 2.48. The van der Waals surface area contributed by atoms with Gasteiger partial charge in [-0.1, -0.05) is 0 Å². The minimum Gasteiger partial charge on any atom is -0.493 e. The normalized spacial score (nSPS) is 21.4. The van der Waals surface area contributed by atoms with E-state index in [9.17, 15) is 12.8 Å². The van der Waals surface area contributed by atoms with Gasteiger partial charge in [0.15, 0.2) is 11.5 Å². The number of hydrogen-bond acceptors (Lipinski definition) is 5. The van der Waals surface area contributed by atoms with Crippen LogP contribution >= 0.6 is 12.4 Å². The van der Waals surface area contributed by atoms with E-state index in [-0.39, 0.29) is 36.0 Å². The third-order valence-corrected chi connectivity index (χ3v) is 5.30. The number of benzene rings is 1. The number of methoxy groups -OCH3 is 2. The third kappa shape index (κ3) is 4.47. The second kappa shape index (κ2) is 8.14. The number of piperidine rings is 1. The molecule has 2 N–H and O–H groups in total. The van der Waals surface area contributed by atoms with Crippen molar-refractivity contribution >= 4 is 22.4 Å². The van der Waals surface area contributed by atoms with Gasteiger partial charge >= 0.3 is 0 Å². The molecule has 1 heterocycles. The molecule has 2 rings (SSSR count). The molecule has 0 spiro atoms. The van der Waals surface area contributed by atoms with Crippen LogP contribution in [-0.2, 0) is 10.0 Å². The van der Waals surface area contributed by atoms with Crippen LogP contribution < -0.4 is 19.5 Å². The molecular formula is C14H22ClFN2O4S. The molecule has 9 heteroatoms. The fourth-order valence-electron chi connectivity index (χ4n) is 2.51. The van der Waals surface area contributed by atoms with Gasteiger partial charge in [0.2, 0.25) is 10.0 Å². The van der Waals surface area contributed by atoms with E-state index in [2.05, 4.69) is 10.0 Å². The molecule has 0 radical (unpaired) electrons. The molecule has 0 amide bonds. The first-order valence-electron chi connectivity index (χ1n) is 7.06. The zero-order valence-electron chi connectivity index (χ0n) is 13.3. The van der Waals surface area contributed by atoms with Crippen molar-refractivity contribution in [2.24, 2.45) is 0 Å². The van der Waals surface area contributed by atoms with Crippen molar-refractivity contribution in [3.63, 3.8) is 0 Å². The molecule has 2 atom stereocenters. The molecule has 1 saturated heterocycles. The standard InChI is InChI=1S/C14H21FN2O4S.ClH/c1-9-11(5-4-6-16-9)17-22(18,19)14-8-13(21-3)12(20-2)7-10(14)15;/h7-9,11,16-17H,4-6H2,1-3H3;1H. The van der Waals surface area contributed by atoms with Crippen LogP contribution in [-0.4, -0.2) is 41.3 Å². The Balaban J connectivity index is 0.00000264. The van der Waals surface area contributed by atoms with Gasteiger partial charge < -0.3 is 14.8 Å². The van der Waals surface area contributed by atoms with E-state index < -0.39 is 20.7 Å². The fraction of sp³-hybridized carbons (Fsp3) is 0.571. The van der Waals surface area contributed by atoms with E-state index in [0.717, 1.165) is 25.1 Å². The molecular weight excluding hydrogens is 347 g/mol. The highest BCUT2D eigenvalue weighted by Crippen LogP contribution is 2.32. The van der Waals surface area contributed by atoms with Crippen LogP contribution in [0.25, 0.3) is 0 Å². The monoisotopic (exact) mass is 368 g/mol. The molecule has 1 aliphatic rings. The van der Waals surface area contributed by atoms with Crippen LogP contribution in [0.5, 0.6) is 11.5 Å². The van der Waals surface area contributed by atoms with Crippen molar-refractivity contribution in [3.05, 3.63) is 17.9 Å². The zero-order valence-corrected chi connectivity index (χ0v) is 14.9. The summed E-state index contributed by atoms with van der Waals surface area (Å²) in [6.45, 7) is 2.75. The van der Waals surface area contributed by atoms with Gasteiger partial charge in [0.25, 0.3) is 0 Å². The first-order valence-corrected chi connectivity index (χ1v) is 8.54. The van der Waals surface area contributed by atoms with Gasteiger partial charge in [-0.2, -0.15) is 0 Å². The molecule has 1 aliphatic heterocycles. The number of sulfonamides is 1. The first kappa shape index (κ1) is 20.0. The highest BCUT2D eigenvalue weighted by molar-refractivity contribution is 7.89. The van der Waals surface area contributed by atoms with Crippen molar-refractivity contribution in [2.45, 2.75) is 36.7 Å². The molecule has 132 valence electrons. The summed E-state index contributed by atoms with van der Waals surface area (Å²) < 4.78 is 51.6. The Bertz CT molecular complexity index is 642. The van der Waals surface area contributed by atoms with Gasteiger partial charge in [-0.15, -0.1) is 12.4 Å². The highest BCUT2D eigenvalue weighted by Gasteiger charge is 2.29. The predicted molar refractivity (Wildman–Crippen MR) is 87.6 cm³/mol. The van der Waals surface area contributed by atoms with Crippen LogP contribution in [0.3, 0.4) is 0 Å². The minimum atomic E-state index is -3.98. The number of hydrogen-bond donors (Lipinski definition) is 2. The van der Waals surface area contributed by atoms with Crippen LogP contribution in [0.4, 0.5) is 4.39 Å². The van der Waals surface area contributed by atoms with Crippen molar-refractivity contribution in [1.29, 1.82) is 0 Å². The summed E-state index contributed by atoms with van der Waals surface area (Å²) in [4.78, 5) is -0.442. The van der Waals surface area contributed by atoms with Crippen LogP contribution in [0.1, 0.15) is 19.8 Å². The summed E-state index contributed by atoms with van der Waals surface area (Å²) in [5.41, 5.74) is 0. The molecule has 6 nitrogen and oxygen atoms in total. The van der Waals surface area contributed by atoms with E-state index in [1.807, 2.05) is 6.92 Å². The molecule has 1 aromatic carbocycles. The van der Waals surface area contributed by atoms with E-state index in [4.69, 9.17) is 9.47 Å². The Kier molecular flexibility index (Phi) is 7.06. The Hall–Kier alpha value is -1.09. The molecule has 0 bridgehead atoms. The van der Waals surface area contributed by atoms with Gasteiger partial charge in [-0.3, -0.25) is 0 Å². The van der Waals surface area contributed by atoms with Gasteiger partial charge in [-0.05, 0) is 26.3 Å². The fourth-order valence-corrected chi connectivity index (χ4v) is 3.93. The maximum atomic E-state index is 14.1. The summed E-state index contributed by atoms with van der Waals surface area (Å²) in [6, 6.07) is 1.87. The number of halogens is 2. The lowest BCUT2D eigenvalue weighted by Gasteiger charge is -2.30. The number of nitrogens with one attached hydrogen (secondary N) is 2. The van der Waals surface area contributed by atoms with Crippen LogP contribution in [0.15, 0.2) is 17.0 Å². The van der Waals surface area contributed by atoms with Crippen molar-refractivity contribution < 1.29 is 22.3 Å². The smallest absolute Gasteiger partial charge is 0.243 e. The van der Waals surface area contributed by atoms with Crippen LogP contribution in [0, 0.1) is 5.82 Å². The lowest BCUT2D eigenvalue weighted by atomic mass is 10.0. The average molecular weight is 369 g/mol. The van der Waals surface area contributed by atoms with Gasteiger partial charge in [0, 0.05) is 24.2 Å². The molecule has 0 aromatic heterocycles. The van der Waals surface area contributed by atoms with Crippen LogP contribution in [0.2, 0.25) is 0 Å². The van der Waals surface area contributed by atoms with Crippen molar-refractivity contribution in [2.75, 3.05) is 20.8 Å². The summed E-state index contributed by atoms with van der Waals surface area (Å²) >= 11 is 0. The zero-order chi connectivity index (χ0) is 16.3. The molecule has 1 aromatic rings.